The first-order chi connectivity index (χ1) is 12.2. The Labute approximate surface area is 145 Å². The predicted molar refractivity (Wildman–Crippen MR) is 96.3 cm³/mol. The summed E-state index contributed by atoms with van der Waals surface area (Å²) < 4.78 is 1.74. The van der Waals surface area contributed by atoms with E-state index in [0.717, 1.165) is 41.9 Å². The topological polar surface area (TPSA) is 75.9 Å². The van der Waals surface area contributed by atoms with Gasteiger partial charge in [-0.05, 0) is 25.0 Å². The van der Waals surface area contributed by atoms with E-state index in [1.807, 2.05) is 37.4 Å². The number of aryl methyl sites for hydroxylation is 1. The summed E-state index contributed by atoms with van der Waals surface area (Å²) in [6.45, 7) is 1.54. The van der Waals surface area contributed by atoms with E-state index in [4.69, 9.17) is 0 Å². The number of anilines is 2. The lowest BCUT2D eigenvalue weighted by molar-refractivity contribution is -0.120. The Morgan fingerprint density at radius 2 is 2.08 bits per heavy atom. The Hall–Kier alpha value is -2.96. The van der Waals surface area contributed by atoms with Gasteiger partial charge >= 0.3 is 0 Å². The molecule has 3 aromatic rings. The Balaban J connectivity index is 1.53. The number of hydrogen-bond donors (Lipinski definition) is 1. The van der Waals surface area contributed by atoms with E-state index in [1.54, 1.807) is 17.2 Å². The Morgan fingerprint density at radius 3 is 2.92 bits per heavy atom. The first-order valence-electron chi connectivity index (χ1n) is 8.46. The highest BCUT2D eigenvalue weighted by atomic mass is 16.1. The van der Waals surface area contributed by atoms with E-state index >= 15 is 0 Å². The molecule has 1 saturated heterocycles. The van der Waals surface area contributed by atoms with Crippen molar-refractivity contribution >= 4 is 28.4 Å². The van der Waals surface area contributed by atoms with Crippen molar-refractivity contribution in [1.29, 1.82) is 0 Å². The molecule has 1 fully saturated rings. The summed E-state index contributed by atoms with van der Waals surface area (Å²) in [6.07, 6.45) is 5.19. The third-order valence-electron chi connectivity index (χ3n) is 4.64. The Bertz CT molecular complexity index is 891. The summed E-state index contributed by atoms with van der Waals surface area (Å²) in [4.78, 5) is 23.5. The average Bonchev–Trinajstić information content (AvgIpc) is 3.04. The number of fused-ring (bicyclic) bond motifs is 1. The molecule has 128 valence electrons. The lowest BCUT2D eigenvalue weighted by Gasteiger charge is -2.33. The van der Waals surface area contributed by atoms with Crippen molar-refractivity contribution in [3.8, 4) is 0 Å². The number of carbonyl (C=O) groups excluding carboxylic acids is 1. The number of nitrogens with zero attached hydrogens (tertiary/aromatic N) is 5. The molecule has 3 heterocycles. The number of aromatic nitrogens is 4. The number of carbonyl (C=O) groups is 1. The molecule has 1 amide bonds. The fourth-order valence-electron chi connectivity index (χ4n) is 3.35. The summed E-state index contributed by atoms with van der Waals surface area (Å²) in [5.74, 6) is 0.860. The number of piperidine rings is 1. The van der Waals surface area contributed by atoms with Gasteiger partial charge in [-0.2, -0.15) is 5.10 Å². The van der Waals surface area contributed by atoms with Crippen LogP contribution in [-0.4, -0.2) is 38.7 Å². The molecule has 0 unspecified atom stereocenters. The van der Waals surface area contributed by atoms with Gasteiger partial charge in [-0.1, -0.05) is 18.2 Å². The molecule has 1 aromatic carbocycles. The maximum atomic E-state index is 12.6. The van der Waals surface area contributed by atoms with Gasteiger partial charge in [0.25, 0.3) is 0 Å². The van der Waals surface area contributed by atoms with Crippen molar-refractivity contribution in [1.82, 2.24) is 19.7 Å². The van der Waals surface area contributed by atoms with E-state index in [-0.39, 0.29) is 11.8 Å². The molecule has 7 heteroatoms. The van der Waals surface area contributed by atoms with Crippen LogP contribution in [0.5, 0.6) is 0 Å². The van der Waals surface area contributed by atoms with Gasteiger partial charge in [0.05, 0.1) is 17.5 Å². The highest BCUT2D eigenvalue weighted by Gasteiger charge is 2.28. The maximum absolute atomic E-state index is 12.6. The van der Waals surface area contributed by atoms with Crippen molar-refractivity contribution in [3.63, 3.8) is 0 Å². The molecule has 25 heavy (non-hydrogen) atoms. The van der Waals surface area contributed by atoms with Gasteiger partial charge in [-0.3, -0.25) is 9.48 Å². The molecule has 1 aliphatic rings. The summed E-state index contributed by atoms with van der Waals surface area (Å²) >= 11 is 0. The normalized spacial score (nSPS) is 17.6. The SMILES string of the molecule is Cn1ncc2c(N3CCC[C@@H](C(=O)Nc4ccccc4)C3)ncnc21. The summed E-state index contributed by atoms with van der Waals surface area (Å²) in [6, 6.07) is 9.59. The van der Waals surface area contributed by atoms with E-state index in [2.05, 4.69) is 25.3 Å². The second-order valence-electron chi connectivity index (χ2n) is 6.34. The summed E-state index contributed by atoms with van der Waals surface area (Å²) in [5, 5.41) is 8.20. The van der Waals surface area contributed by atoms with Gasteiger partial charge in [0.15, 0.2) is 5.65 Å². The Kier molecular flexibility index (Phi) is 4.05. The van der Waals surface area contributed by atoms with Crippen LogP contribution in [-0.2, 0) is 11.8 Å². The average molecular weight is 336 g/mol. The number of para-hydroxylation sites is 1. The monoisotopic (exact) mass is 336 g/mol. The van der Waals surface area contributed by atoms with Gasteiger partial charge in [0.1, 0.15) is 12.1 Å². The van der Waals surface area contributed by atoms with Crippen molar-refractivity contribution in [2.75, 3.05) is 23.3 Å². The quantitative estimate of drug-likeness (QED) is 0.794. The van der Waals surface area contributed by atoms with Crippen LogP contribution in [0.15, 0.2) is 42.9 Å². The molecule has 0 saturated carbocycles. The number of benzene rings is 1. The second-order valence-corrected chi connectivity index (χ2v) is 6.34. The van der Waals surface area contributed by atoms with Crippen LogP contribution in [0.1, 0.15) is 12.8 Å². The summed E-state index contributed by atoms with van der Waals surface area (Å²) in [7, 11) is 1.87. The third kappa shape index (κ3) is 3.05. The molecule has 2 aromatic heterocycles. The highest BCUT2D eigenvalue weighted by molar-refractivity contribution is 5.93. The zero-order valence-electron chi connectivity index (χ0n) is 14.1. The minimum Gasteiger partial charge on any atom is -0.355 e. The van der Waals surface area contributed by atoms with E-state index in [9.17, 15) is 4.79 Å². The van der Waals surface area contributed by atoms with Crippen molar-refractivity contribution in [2.24, 2.45) is 13.0 Å². The van der Waals surface area contributed by atoms with Crippen LogP contribution in [0.25, 0.3) is 11.0 Å². The van der Waals surface area contributed by atoms with Gasteiger partial charge in [0.2, 0.25) is 5.91 Å². The van der Waals surface area contributed by atoms with E-state index in [1.165, 1.54) is 0 Å². The van der Waals surface area contributed by atoms with E-state index < -0.39 is 0 Å². The van der Waals surface area contributed by atoms with Crippen molar-refractivity contribution < 1.29 is 4.79 Å². The minimum absolute atomic E-state index is 0.0596. The van der Waals surface area contributed by atoms with Crippen LogP contribution in [0, 0.1) is 5.92 Å². The molecule has 1 atom stereocenters. The first kappa shape index (κ1) is 15.6. The molecule has 0 bridgehead atoms. The van der Waals surface area contributed by atoms with Gasteiger partial charge < -0.3 is 10.2 Å². The molecule has 1 N–H and O–H groups in total. The standard InChI is InChI=1S/C18H20N6O/c1-23-16-15(10-21-23)17(20-12-19-16)24-9-5-6-13(11-24)18(25)22-14-7-3-2-4-8-14/h2-4,7-8,10,12-13H,5-6,9,11H2,1H3,(H,22,25)/t13-/m1/s1. The molecular formula is C18H20N6O. The molecule has 1 aliphatic heterocycles. The molecule has 7 nitrogen and oxygen atoms in total. The van der Waals surface area contributed by atoms with Gasteiger partial charge in [-0.15, -0.1) is 0 Å². The fourth-order valence-corrected chi connectivity index (χ4v) is 3.35. The zero-order valence-corrected chi connectivity index (χ0v) is 14.1. The first-order valence-corrected chi connectivity index (χ1v) is 8.46. The molecule has 0 spiro atoms. The zero-order chi connectivity index (χ0) is 17.2. The van der Waals surface area contributed by atoms with Crippen molar-refractivity contribution in [2.45, 2.75) is 12.8 Å². The highest BCUT2D eigenvalue weighted by Crippen LogP contribution is 2.27. The Morgan fingerprint density at radius 1 is 1.24 bits per heavy atom. The van der Waals surface area contributed by atoms with Crippen LogP contribution in [0.3, 0.4) is 0 Å². The lowest BCUT2D eigenvalue weighted by Crippen LogP contribution is -2.41. The van der Waals surface area contributed by atoms with E-state index in [0.29, 0.717) is 6.54 Å². The smallest absolute Gasteiger partial charge is 0.229 e. The second kappa shape index (κ2) is 6.51. The van der Waals surface area contributed by atoms with Gasteiger partial charge in [0, 0.05) is 25.8 Å². The van der Waals surface area contributed by atoms with Crippen LogP contribution >= 0.6 is 0 Å². The van der Waals surface area contributed by atoms with Crippen molar-refractivity contribution in [3.05, 3.63) is 42.9 Å². The number of nitrogens with one attached hydrogen (secondary N) is 1. The lowest BCUT2D eigenvalue weighted by atomic mass is 9.97. The van der Waals surface area contributed by atoms with Crippen LogP contribution < -0.4 is 10.2 Å². The predicted octanol–water partition coefficient (Wildman–Crippen LogP) is 2.22. The number of amides is 1. The molecule has 0 radical (unpaired) electrons. The summed E-state index contributed by atoms with van der Waals surface area (Å²) in [5.41, 5.74) is 1.64. The number of rotatable bonds is 3. The fraction of sp³-hybridized carbons (Fsp3) is 0.333. The molecule has 4 rings (SSSR count). The molecular weight excluding hydrogens is 316 g/mol. The molecule has 0 aliphatic carbocycles. The van der Waals surface area contributed by atoms with Crippen LogP contribution in [0.2, 0.25) is 0 Å². The minimum atomic E-state index is -0.0596. The van der Waals surface area contributed by atoms with Crippen LogP contribution in [0.4, 0.5) is 11.5 Å². The largest absolute Gasteiger partial charge is 0.355 e. The van der Waals surface area contributed by atoms with Gasteiger partial charge in [-0.25, -0.2) is 9.97 Å². The third-order valence-corrected chi connectivity index (χ3v) is 4.64. The number of hydrogen-bond acceptors (Lipinski definition) is 5. The maximum Gasteiger partial charge on any atom is 0.229 e.